The van der Waals surface area contributed by atoms with Crippen LogP contribution < -0.4 is 5.56 Å². The minimum Gasteiger partial charge on any atom is -0.337 e. The lowest BCUT2D eigenvalue weighted by Gasteiger charge is -2.31. The molecule has 0 aliphatic carbocycles. The molecule has 0 N–H and O–H groups in total. The van der Waals surface area contributed by atoms with Crippen molar-refractivity contribution >= 4 is 16.8 Å². The largest absolute Gasteiger partial charge is 0.337 e. The van der Waals surface area contributed by atoms with Gasteiger partial charge in [-0.1, -0.05) is 32.0 Å². The molecular weight excluding hydrogens is 366 g/mol. The minimum absolute atomic E-state index is 0.00200. The lowest BCUT2D eigenvalue weighted by atomic mass is 9.96. The number of carbonyl (C=O) groups excluding carboxylic acids is 1. The van der Waals surface area contributed by atoms with Crippen molar-refractivity contribution in [1.82, 2.24) is 24.2 Å². The van der Waals surface area contributed by atoms with Crippen molar-refractivity contribution in [2.45, 2.75) is 39.2 Å². The number of hydrogen-bond acceptors (Lipinski definition) is 4. The molecule has 29 heavy (non-hydrogen) atoms. The highest BCUT2D eigenvalue weighted by Gasteiger charge is 2.27. The van der Waals surface area contributed by atoms with Crippen LogP contribution in [0.2, 0.25) is 0 Å². The maximum Gasteiger partial charge on any atom is 0.275 e. The maximum absolute atomic E-state index is 13.0. The Balaban J connectivity index is 1.42. The highest BCUT2D eigenvalue weighted by molar-refractivity contribution is 6.04. The van der Waals surface area contributed by atoms with Crippen LogP contribution in [0.5, 0.6) is 0 Å². The first-order valence-corrected chi connectivity index (χ1v) is 10.2. The van der Waals surface area contributed by atoms with Crippen molar-refractivity contribution in [3.05, 3.63) is 58.4 Å². The van der Waals surface area contributed by atoms with Gasteiger partial charge in [0.2, 0.25) is 0 Å². The Morgan fingerprint density at radius 3 is 2.62 bits per heavy atom. The number of para-hydroxylation sites is 1. The number of nitrogens with zero attached hydrogens (tertiary/aromatic N) is 5. The van der Waals surface area contributed by atoms with Crippen molar-refractivity contribution in [2.75, 3.05) is 13.1 Å². The zero-order chi connectivity index (χ0) is 20.5. The summed E-state index contributed by atoms with van der Waals surface area (Å²) in [6.45, 7) is 6.08. The number of aromatic nitrogens is 4. The van der Waals surface area contributed by atoms with Gasteiger partial charge in [0.25, 0.3) is 11.5 Å². The lowest BCUT2D eigenvalue weighted by Crippen LogP contribution is -2.40. The van der Waals surface area contributed by atoms with Gasteiger partial charge in [-0.25, -0.2) is 4.98 Å². The van der Waals surface area contributed by atoms with E-state index in [0.717, 1.165) is 29.4 Å². The van der Waals surface area contributed by atoms with Gasteiger partial charge in [0.1, 0.15) is 0 Å². The Morgan fingerprint density at radius 1 is 1.21 bits per heavy atom. The van der Waals surface area contributed by atoms with Gasteiger partial charge < -0.3 is 4.90 Å². The number of amides is 1. The summed E-state index contributed by atoms with van der Waals surface area (Å²) in [5.41, 5.74) is 2.31. The first kappa shape index (κ1) is 19.4. The predicted octanol–water partition coefficient (Wildman–Crippen LogP) is 2.81. The first-order chi connectivity index (χ1) is 13.9. The van der Waals surface area contributed by atoms with Crippen molar-refractivity contribution in [2.24, 2.45) is 13.0 Å². The topological polar surface area (TPSA) is 73.0 Å². The van der Waals surface area contributed by atoms with Gasteiger partial charge in [-0.15, -0.1) is 0 Å². The second-order valence-corrected chi connectivity index (χ2v) is 8.18. The van der Waals surface area contributed by atoms with E-state index in [0.29, 0.717) is 31.2 Å². The molecule has 3 heterocycles. The third kappa shape index (κ3) is 3.81. The zero-order valence-corrected chi connectivity index (χ0v) is 17.2. The normalized spacial score (nSPS) is 15.4. The molecule has 0 spiro atoms. The predicted molar refractivity (Wildman–Crippen MR) is 112 cm³/mol. The van der Waals surface area contributed by atoms with Gasteiger partial charge >= 0.3 is 0 Å². The Labute approximate surface area is 170 Å². The van der Waals surface area contributed by atoms with E-state index in [9.17, 15) is 9.59 Å². The quantitative estimate of drug-likeness (QED) is 0.683. The van der Waals surface area contributed by atoms with Crippen LogP contribution >= 0.6 is 0 Å². The van der Waals surface area contributed by atoms with Gasteiger partial charge in [-0.05, 0) is 30.7 Å². The summed E-state index contributed by atoms with van der Waals surface area (Å²) in [7, 11) is 1.86. The number of carbonyl (C=O) groups is 1. The summed E-state index contributed by atoms with van der Waals surface area (Å²) in [5.74, 6) is 0.596. The third-order valence-corrected chi connectivity index (χ3v) is 5.81. The summed E-state index contributed by atoms with van der Waals surface area (Å²) < 4.78 is 3.45. The highest BCUT2D eigenvalue weighted by Crippen LogP contribution is 2.23. The molecule has 1 aliphatic rings. The second kappa shape index (κ2) is 7.81. The average molecular weight is 393 g/mol. The number of benzene rings is 1. The molecule has 7 nitrogen and oxygen atoms in total. The number of hydrogen-bond donors (Lipinski definition) is 0. The van der Waals surface area contributed by atoms with Crippen LogP contribution in [0.15, 0.2) is 41.5 Å². The second-order valence-electron chi connectivity index (χ2n) is 8.18. The molecule has 2 aromatic heterocycles. The van der Waals surface area contributed by atoms with Crippen molar-refractivity contribution in [3.63, 3.8) is 0 Å². The molecule has 1 fully saturated rings. The highest BCUT2D eigenvalue weighted by atomic mass is 16.2. The molecule has 0 radical (unpaired) electrons. The standard InChI is InChI=1S/C22H27N5O2/c1-15(2)18-12-20(28)27(14-23-18)13-16-8-10-26(11-9-16)22(29)21-17-6-4-5-7-19(17)25(3)24-21/h4-7,12,14-16H,8-11,13H2,1-3H3. The summed E-state index contributed by atoms with van der Waals surface area (Å²) in [4.78, 5) is 31.7. The molecule has 1 saturated heterocycles. The number of aryl methyl sites for hydroxylation is 1. The zero-order valence-electron chi connectivity index (χ0n) is 17.2. The SMILES string of the molecule is CC(C)c1cc(=O)n(CC2CCN(C(=O)c3nn(C)c4ccccc34)CC2)cn1. The van der Waals surface area contributed by atoms with E-state index in [-0.39, 0.29) is 17.4 Å². The van der Waals surface area contributed by atoms with Gasteiger partial charge in [-0.3, -0.25) is 18.8 Å². The van der Waals surface area contributed by atoms with Crippen molar-refractivity contribution < 1.29 is 4.79 Å². The van der Waals surface area contributed by atoms with Crippen LogP contribution in [0.1, 0.15) is 48.8 Å². The van der Waals surface area contributed by atoms with Crippen LogP contribution in [0.4, 0.5) is 0 Å². The summed E-state index contributed by atoms with van der Waals surface area (Å²) >= 11 is 0. The fraction of sp³-hybridized carbons (Fsp3) is 0.455. The van der Waals surface area contributed by atoms with Gasteiger partial charge in [0.15, 0.2) is 5.69 Å². The molecule has 4 rings (SSSR count). The number of rotatable bonds is 4. The van der Waals surface area contributed by atoms with Crippen LogP contribution in [-0.4, -0.2) is 43.2 Å². The fourth-order valence-electron chi connectivity index (χ4n) is 4.01. The summed E-state index contributed by atoms with van der Waals surface area (Å²) in [5, 5.41) is 5.35. The van der Waals surface area contributed by atoms with Gasteiger partial charge in [0.05, 0.1) is 17.5 Å². The molecule has 152 valence electrons. The average Bonchev–Trinajstić information content (AvgIpc) is 3.06. The van der Waals surface area contributed by atoms with Crippen molar-refractivity contribution in [1.29, 1.82) is 0 Å². The van der Waals surface area contributed by atoms with Gasteiger partial charge in [-0.2, -0.15) is 5.10 Å². The van der Waals surface area contributed by atoms with E-state index < -0.39 is 0 Å². The maximum atomic E-state index is 13.0. The molecule has 3 aromatic rings. The molecular formula is C22H27N5O2. The van der Waals surface area contributed by atoms with Crippen LogP contribution in [-0.2, 0) is 13.6 Å². The van der Waals surface area contributed by atoms with E-state index in [1.54, 1.807) is 21.6 Å². The van der Waals surface area contributed by atoms with E-state index in [1.165, 1.54) is 0 Å². The summed E-state index contributed by atoms with van der Waals surface area (Å²) in [6.07, 6.45) is 3.40. The molecule has 1 aliphatic heterocycles. The van der Waals surface area contributed by atoms with Gasteiger partial charge in [0, 0.05) is 38.1 Å². The van der Waals surface area contributed by atoms with E-state index in [4.69, 9.17) is 0 Å². The molecule has 1 aromatic carbocycles. The minimum atomic E-state index is -0.0135. The molecule has 7 heteroatoms. The Morgan fingerprint density at radius 2 is 1.93 bits per heavy atom. The molecule has 0 atom stereocenters. The smallest absolute Gasteiger partial charge is 0.275 e. The number of fused-ring (bicyclic) bond motifs is 1. The van der Waals surface area contributed by atoms with Crippen LogP contribution in [0.3, 0.4) is 0 Å². The molecule has 0 bridgehead atoms. The molecule has 0 saturated carbocycles. The van der Waals surface area contributed by atoms with Crippen molar-refractivity contribution in [3.8, 4) is 0 Å². The first-order valence-electron chi connectivity index (χ1n) is 10.2. The third-order valence-electron chi connectivity index (χ3n) is 5.81. The lowest BCUT2D eigenvalue weighted by molar-refractivity contribution is 0.0677. The van der Waals surface area contributed by atoms with E-state index in [1.807, 2.05) is 50.1 Å². The fourth-order valence-corrected chi connectivity index (χ4v) is 4.01. The number of piperidine rings is 1. The monoisotopic (exact) mass is 393 g/mol. The molecule has 1 amide bonds. The number of likely N-dealkylation sites (tertiary alicyclic amines) is 1. The molecule has 0 unspecified atom stereocenters. The van der Waals surface area contributed by atoms with E-state index >= 15 is 0 Å². The van der Waals surface area contributed by atoms with Crippen LogP contribution in [0, 0.1) is 5.92 Å². The Kier molecular flexibility index (Phi) is 5.22. The van der Waals surface area contributed by atoms with Crippen LogP contribution in [0.25, 0.3) is 10.9 Å². The van der Waals surface area contributed by atoms with E-state index in [2.05, 4.69) is 10.1 Å². The summed E-state index contributed by atoms with van der Waals surface area (Å²) in [6, 6.07) is 9.44. The Bertz CT molecular complexity index is 1090. The Hall–Kier alpha value is -2.96.